The van der Waals surface area contributed by atoms with Crippen LogP contribution in [0.2, 0.25) is 0 Å². The maximum atomic E-state index is 12.3. The van der Waals surface area contributed by atoms with Crippen LogP contribution in [0.3, 0.4) is 0 Å². The summed E-state index contributed by atoms with van der Waals surface area (Å²) < 4.78 is 37.0. The number of hydrogen-bond donors (Lipinski definition) is 2. The summed E-state index contributed by atoms with van der Waals surface area (Å²) in [5, 5.41) is 2.64. The van der Waals surface area contributed by atoms with E-state index in [1.54, 1.807) is 13.8 Å². The minimum absolute atomic E-state index is 0.0666. The molecule has 1 aromatic rings. The highest BCUT2D eigenvalue weighted by molar-refractivity contribution is 7.89. The summed E-state index contributed by atoms with van der Waals surface area (Å²) >= 11 is 0. The van der Waals surface area contributed by atoms with Crippen LogP contribution in [0.1, 0.15) is 24.2 Å². The van der Waals surface area contributed by atoms with Gasteiger partial charge in [0.25, 0.3) is 5.91 Å². The van der Waals surface area contributed by atoms with Crippen LogP contribution in [-0.4, -0.2) is 47.7 Å². The molecule has 8 heteroatoms. The summed E-state index contributed by atoms with van der Waals surface area (Å²) in [7, 11) is -0.857. The topological polar surface area (TPSA) is 93.7 Å². The molecular formula is C14H22N2O5S. The van der Waals surface area contributed by atoms with Gasteiger partial charge in [0.05, 0.1) is 13.7 Å². The predicted octanol–water partition coefficient (Wildman–Crippen LogP) is 0.758. The second kappa shape index (κ2) is 8.11. The van der Waals surface area contributed by atoms with E-state index in [-0.39, 0.29) is 28.2 Å². The average Bonchev–Trinajstić information content (AvgIpc) is 2.45. The smallest absolute Gasteiger partial charge is 0.251 e. The van der Waals surface area contributed by atoms with Crippen LogP contribution >= 0.6 is 0 Å². The molecule has 0 aliphatic carbocycles. The molecule has 0 unspecified atom stereocenters. The van der Waals surface area contributed by atoms with E-state index in [1.165, 1.54) is 32.4 Å². The molecule has 0 aliphatic heterocycles. The third-order valence-electron chi connectivity index (χ3n) is 2.70. The van der Waals surface area contributed by atoms with E-state index in [9.17, 15) is 13.2 Å². The van der Waals surface area contributed by atoms with E-state index in [0.717, 1.165) is 0 Å². The first kappa shape index (κ1) is 18.4. The molecule has 7 nitrogen and oxygen atoms in total. The third kappa shape index (κ3) is 4.97. The molecule has 0 aliphatic rings. The van der Waals surface area contributed by atoms with Crippen molar-refractivity contribution in [1.29, 1.82) is 0 Å². The van der Waals surface area contributed by atoms with E-state index in [4.69, 9.17) is 9.47 Å². The molecule has 1 amide bonds. The number of nitrogens with one attached hydrogen (secondary N) is 2. The Hall–Kier alpha value is -1.64. The van der Waals surface area contributed by atoms with Crippen molar-refractivity contribution in [2.24, 2.45) is 0 Å². The molecule has 0 heterocycles. The number of carbonyl (C=O) groups excluding carboxylic acids is 1. The van der Waals surface area contributed by atoms with Crippen molar-refractivity contribution in [1.82, 2.24) is 10.0 Å². The Morgan fingerprint density at radius 1 is 1.27 bits per heavy atom. The molecule has 124 valence electrons. The van der Waals surface area contributed by atoms with Crippen molar-refractivity contribution in [2.75, 3.05) is 27.4 Å². The van der Waals surface area contributed by atoms with Crippen molar-refractivity contribution >= 4 is 15.9 Å². The average molecular weight is 330 g/mol. The molecule has 22 heavy (non-hydrogen) atoms. The van der Waals surface area contributed by atoms with Gasteiger partial charge in [0, 0.05) is 25.3 Å². The maximum absolute atomic E-state index is 12.3. The lowest BCUT2D eigenvalue weighted by Crippen LogP contribution is -2.31. The van der Waals surface area contributed by atoms with E-state index < -0.39 is 10.0 Å². The summed E-state index contributed by atoms with van der Waals surface area (Å²) in [5.74, 6) is -0.192. The molecule has 0 saturated carbocycles. The Bertz CT molecular complexity index is 614. The number of amides is 1. The molecule has 0 aromatic heterocycles. The monoisotopic (exact) mass is 330 g/mol. The molecule has 0 radical (unpaired) electrons. The molecule has 0 bridgehead atoms. The lowest BCUT2D eigenvalue weighted by molar-refractivity contribution is 0.0937. The second-order valence-electron chi connectivity index (χ2n) is 4.89. The number of sulfonamides is 1. The van der Waals surface area contributed by atoms with Crippen LogP contribution in [0.4, 0.5) is 0 Å². The fourth-order valence-corrected chi connectivity index (χ4v) is 3.22. The first-order chi connectivity index (χ1) is 10.3. The van der Waals surface area contributed by atoms with E-state index in [1.807, 2.05) is 0 Å². The minimum atomic E-state index is -3.76. The number of benzene rings is 1. The van der Waals surface area contributed by atoms with Crippen molar-refractivity contribution in [3.05, 3.63) is 23.8 Å². The van der Waals surface area contributed by atoms with Crippen LogP contribution in [-0.2, 0) is 14.8 Å². The fourth-order valence-electron chi connectivity index (χ4n) is 1.77. The fraction of sp³-hybridized carbons (Fsp3) is 0.500. The van der Waals surface area contributed by atoms with Gasteiger partial charge in [0.15, 0.2) is 0 Å². The first-order valence-electron chi connectivity index (χ1n) is 6.79. The Morgan fingerprint density at radius 3 is 2.50 bits per heavy atom. The highest BCUT2D eigenvalue weighted by atomic mass is 32.2. The van der Waals surface area contributed by atoms with Crippen LogP contribution in [0.5, 0.6) is 5.75 Å². The lowest BCUT2D eigenvalue weighted by Gasteiger charge is -2.14. The zero-order valence-corrected chi connectivity index (χ0v) is 14.0. The quantitative estimate of drug-likeness (QED) is 0.686. The van der Waals surface area contributed by atoms with E-state index >= 15 is 0 Å². The lowest BCUT2D eigenvalue weighted by atomic mass is 10.2. The number of rotatable bonds is 8. The Balaban J connectivity index is 3.11. The molecular weight excluding hydrogens is 308 g/mol. The third-order valence-corrected chi connectivity index (χ3v) is 4.38. The van der Waals surface area contributed by atoms with Gasteiger partial charge in [-0.2, -0.15) is 0 Å². The van der Waals surface area contributed by atoms with Crippen molar-refractivity contribution in [3.63, 3.8) is 0 Å². The maximum Gasteiger partial charge on any atom is 0.251 e. The van der Waals surface area contributed by atoms with Crippen LogP contribution in [0, 0.1) is 0 Å². The summed E-state index contributed by atoms with van der Waals surface area (Å²) in [5.41, 5.74) is 0.237. The van der Waals surface area contributed by atoms with E-state index in [0.29, 0.717) is 13.2 Å². The summed E-state index contributed by atoms with van der Waals surface area (Å²) in [6.45, 7) is 4.15. The van der Waals surface area contributed by atoms with Gasteiger partial charge in [-0.3, -0.25) is 4.79 Å². The van der Waals surface area contributed by atoms with Crippen molar-refractivity contribution in [2.45, 2.75) is 24.8 Å². The number of ether oxygens (including phenoxy) is 2. The summed E-state index contributed by atoms with van der Waals surface area (Å²) in [6.07, 6.45) is 0. The van der Waals surface area contributed by atoms with Gasteiger partial charge in [-0.25, -0.2) is 13.1 Å². The highest BCUT2D eigenvalue weighted by Gasteiger charge is 2.22. The molecule has 0 saturated heterocycles. The second-order valence-corrected chi connectivity index (χ2v) is 6.57. The van der Waals surface area contributed by atoms with Crippen molar-refractivity contribution < 1.29 is 22.7 Å². The summed E-state index contributed by atoms with van der Waals surface area (Å²) in [4.78, 5) is 11.9. The molecule has 0 atom stereocenters. The SMILES string of the molecule is COCCNC(=O)c1ccc(OC)c(S(=O)(=O)NC(C)C)c1. The standard InChI is InChI=1S/C14H22N2O5S/c1-10(2)16-22(18,19)13-9-11(5-6-12(13)21-4)14(17)15-7-8-20-3/h5-6,9-10,16H,7-8H2,1-4H3,(H,15,17). The normalized spacial score (nSPS) is 11.5. The number of methoxy groups -OCH3 is 2. The van der Waals surface area contributed by atoms with Gasteiger partial charge >= 0.3 is 0 Å². The van der Waals surface area contributed by atoms with Crippen LogP contribution in [0.25, 0.3) is 0 Å². The zero-order chi connectivity index (χ0) is 16.8. The zero-order valence-electron chi connectivity index (χ0n) is 13.2. The highest BCUT2D eigenvalue weighted by Crippen LogP contribution is 2.25. The Morgan fingerprint density at radius 2 is 1.95 bits per heavy atom. The van der Waals surface area contributed by atoms with Gasteiger partial charge in [0.2, 0.25) is 10.0 Å². The number of hydrogen-bond acceptors (Lipinski definition) is 5. The predicted molar refractivity (Wildman–Crippen MR) is 82.7 cm³/mol. The van der Waals surface area contributed by atoms with Crippen LogP contribution < -0.4 is 14.8 Å². The number of carbonyl (C=O) groups is 1. The van der Waals surface area contributed by atoms with Gasteiger partial charge in [-0.1, -0.05) is 0 Å². The largest absolute Gasteiger partial charge is 0.495 e. The molecule has 0 fully saturated rings. The Labute approximate surface area is 131 Å². The molecule has 1 aromatic carbocycles. The van der Waals surface area contributed by atoms with Gasteiger partial charge in [0.1, 0.15) is 10.6 Å². The van der Waals surface area contributed by atoms with Gasteiger partial charge < -0.3 is 14.8 Å². The molecule has 1 rings (SSSR count). The van der Waals surface area contributed by atoms with E-state index in [2.05, 4.69) is 10.0 Å². The minimum Gasteiger partial charge on any atom is -0.495 e. The summed E-state index contributed by atoms with van der Waals surface area (Å²) in [6, 6.07) is 4.00. The first-order valence-corrected chi connectivity index (χ1v) is 8.27. The van der Waals surface area contributed by atoms with Crippen molar-refractivity contribution in [3.8, 4) is 5.75 Å². The Kier molecular flexibility index (Phi) is 6.79. The van der Waals surface area contributed by atoms with Crippen LogP contribution in [0.15, 0.2) is 23.1 Å². The molecule has 2 N–H and O–H groups in total. The van der Waals surface area contributed by atoms with Gasteiger partial charge in [-0.15, -0.1) is 0 Å². The molecule has 0 spiro atoms. The van der Waals surface area contributed by atoms with Gasteiger partial charge in [-0.05, 0) is 32.0 Å².